The van der Waals surface area contributed by atoms with Gasteiger partial charge in [0.25, 0.3) is 0 Å². The summed E-state index contributed by atoms with van der Waals surface area (Å²) in [6, 6.07) is 8.74. The van der Waals surface area contributed by atoms with E-state index in [1.807, 2.05) is 29.8 Å². The molecule has 2 heterocycles. The third kappa shape index (κ3) is 4.55. The molecule has 0 unspecified atom stereocenters. The van der Waals surface area contributed by atoms with Crippen molar-refractivity contribution in [1.82, 2.24) is 14.7 Å². The van der Waals surface area contributed by atoms with Gasteiger partial charge in [-0.3, -0.25) is 9.58 Å². The van der Waals surface area contributed by atoms with Gasteiger partial charge in [-0.25, -0.2) is 0 Å². The molecule has 1 aliphatic heterocycles. The summed E-state index contributed by atoms with van der Waals surface area (Å²) in [5, 5.41) is 14.5. The van der Waals surface area contributed by atoms with Crippen LogP contribution < -0.4 is 4.74 Å². The molecule has 25 heavy (non-hydrogen) atoms. The van der Waals surface area contributed by atoms with Gasteiger partial charge in [-0.05, 0) is 36.6 Å². The summed E-state index contributed by atoms with van der Waals surface area (Å²) in [6.07, 6.45) is 1.10. The molecule has 0 fully saturated rings. The molecule has 0 amide bonds. The van der Waals surface area contributed by atoms with E-state index >= 15 is 0 Å². The Morgan fingerprint density at radius 1 is 1.24 bits per heavy atom. The number of rotatable bonds is 6. The molecule has 136 valence electrons. The lowest BCUT2D eigenvalue weighted by atomic mass is 10.2. The second-order valence-corrected chi connectivity index (χ2v) is 6.29. The average Bonchev–Trinajstić information content (AvgIpc) is 2.89. The summed E-state index contributed by atoms with van der Waals surface area (Å²) in [6.45, 7) is 2.38. The molecule has 1 aliphatic rings. The van der Waals surface area contributed by atoms with Gasteiger partial charge < -0.3 is 9.84 Å². The topological polar surface area (TPSA) is 50.5 Å². The zero-order valence-electron chi connectivity index (χ0n) is 14.2. The second-order valence-electron chi connectivity index (χ2n) is 6.29. The van der Waals surface area contributed by atoms with Gasteiger partial charge in [0.15, 0.2) is 0 Å². The first kappa shape index (κ1) is 17.8. The minimum atomic E-state index is -2.80. The highest BCUT2D eigenvalue weighted by atomic mass is 19.3. The number of fused-ring (bicyclic) bond motifs is 1. The molecule has 1 aromatic carbocycles. The van der Waals surface area contributed by atoms with Crippen LogP contribution in [0.1, 0.15) is 42.8 Å². The first-order valence-corrected chi connectivity index (χ1v) is 8.56. The Bertz CT molecular complexity index is 688. The van der Waals surface area contributed by atoms with Gasteiger partial charge in [0, 0.05) is 26.2 Å². The zero-order valence-corrected chi connectivity index (χ0v) is 14.2. The molecule has 7 heteroatoms. The summed E-state index contributed by atoms with van der Waals surface area (Å²) in [5.74, 6) is 0.172. The Morgan fingerprint density at radius 2 is 2.00 bits per heavy atom. The monoisotopic (exact) mass is 351 g/mol. The number of aromatic nitrogens is 2. The van der Waals surface area contributed by atoms with Crippen molar-refractivity contribution < 1.29 is 18.6 Å². The molecule has 1 atom stereocenters. The van der Waals surface area contributed by atoms with Crippen LogP contribution in [0.25, 0.3) is 0 Å². The van der Waals surface area contributed by atoms with E-state index in [2.05, 4.69) is 14.7 Å². The second kappa shape index (κ2) is 7.93. The fourth-order valence-corrected chi connectivity index (χ4v) is 3.09. The minimum Gasteiger partial charge on any atom is -0.435 e. The molecule has 1 N–H and O–H groups in total. The van der Waals surface area contributed by atoms with Crippen LogP contribution in [0.3, 0.4) is 0 Å². The Morgan fingerprint density at radius 3 is 2.68 bits per heavy atom. The van der Waals surface area contributed by atoms with E-state index in [0.29, 0.717) is 6.42 Å². The number of alkyl halides is 2. The molecule has 1 aromatic heterocycles. The fraction of sp³-hybridized carbons (Fsp3) is 0.500. The third-order valence-corrected chi connectivity index (χ3v) is 4.39. The fourth-order valence-electron chi connectivity index (χ4n) is 3.09. The van der Waals surface area contributed by atoms with Crippen LogP contribution in [0, 0.1) is 0 Å². The number of benzene rings is 1. The largest absolute Gasteiger partial charge is 0.435 e. The minimum absolute atomic E-state index is 0.172. The highest BCUT2D eigenvalue weighted by Crippen LogP contribution is 2.22. The number of aliphatic hydroxyl groups excluding tert-OH is 1. The van der Waals surface area contributed by atoms with Gasteiger partial charge in [0.1, 0.15) is 5.75 Å². The van der Waals surface area contributed by atoms with Crippen LogP contribution in [-0.2, 0) is 19.6 Å². The number of ether oxygens (including phenoxy) is 1. The predicted octanol–water partition coefficient (Wildman–Crippen LogP) is 3.33. The van der Waals surface area contributed by atoms with E-state index in [-0.39, 0.29) is 5.75 Å². The normalized spacial score (nSPS) is 16.5. The lowest BCUT2D eigenvalue weighted by molar-refractivity contribution is -0.0498. The molecule has 0 saturated heterocycles. The first-order valence-electron chi connectivity index (χ1n) is 8.56. The van der Waals surface area contributed by atoms with Crippen molar-refractivity contribution in [3.8, 4) is 5.75 Å². The zero-order chi connectivity index (χ0) is 17.8. The molecule has 2 aromatic rings. The maximum Gasteiger partial charge on any atom is 0.387 e. The Hall–Kier alpha value is -1.99. The maximum atomic E-state index is 12.2. The summed E-state index contributed by atoms with van der Waals surface area (Å²) < 4.78 is 30.8. The van der Waals surface area contributed by atoms with Gasteiger partial charge >= 0.3 is 6.61 Å². The Kier molecular flexibility index (Phi) is 5.65. The van der Waals surface area contributed by atoms with Crippen LogP contribution in [0.5, 0.6) is 5.75 Å². The number of halogens is 2. The van der Waals surface area contributed by atoms with Crippen LogP contribution in [0.15, 0.2) is 30.3 Å². The first-order chi connectivity index (χ1) is 12.0. The molecule has 0 radical (unpaired) electrons. The van der Waals surface area contributed by atoms with Crippen LogP contribution in [0.4, 0.5) is 8.78 Å². The number of aliphatic hydroxyl groups is 1. The number of nitrogens with zero attached hydrogens (tertiary/aromatic N) is 3. The molecule has 0 bridgehead atoms. The quantitative estimate of drug-likeness (QED) is 0.867. The van der Waals surface area contributed by atoms with Crippen LogP contribution in [0.2, 0.25) is 0 Å². The summed E-state index contributed by atoms with van der Waals surface area (Å²) in [5.41, 5.74) is 2.87. The van der Waals surface area contributed by atoms with Crippen molar-refractivity contribution in [2.45, 2.75) is 52.1 Å². The molecular formula is C18H23F2N3O2. The van der Waals surface area contributed by atoms with Gasteiger partial charge in [0.05, 0.1) is 17.5 Å². The highest BCUT2D eigenvalue weighted by Gasteiger charge is 2.19. The van der Waals surface area contributed by atoms with Gasteiger partial charge in [-0.15, -0.1) is 0 Å². The van der Waals surface area contributed by atoms with E-state index < -0.39 is 12.7 Å². The Balaban J connectivity index is 1.66. The summed E-state index contributed by atoms with van der Waals surface area (Å²) in [7, 11) is 0. The van der Waals surface area contributed by atoms with Crippen molar-refractivity contribution in [2.75, 3.05) is 6.54 Å². The predicted molar refractivity (Wildman–Crippen MR) is 89.3 cm³/mol. The molecular weight excluding hydrogens is 328 g/mol. The average molecular weight is 351 g/mol. The third-order valence-electron chi connectivity index (χ3n) is 4.39. The summed E-state index contributed by atoms with van der Waals surface area (Å²) >= 11 is 0. The highest BCUT2D eigenvalue weighted by molar-refractivity contribution is 5.27. The van der Waals surface area contributed by atoms with Crippen molar-refractivity contribution in [3.63, 3.8) is 0 Å². The van der Waals surface area contributed by atoms with E-state index in [0.717, 1.165) is 49.6 Å². The molecule has 0 saturated carbocycles. The lowest BCUT2D eigenvalue weighted by Gasteiger charge is -2.19. The SMILES string of the molecule is CC[C@H](O)c1cc2n(n1)CCCN(Cc1ccc(OC(F)F)cc1)C2. The van der Waals surface area contributed by atoms with E-state index in [4.69, 9.17) is 0 Å². The van der Waals surface area contributed by atoms with Gasteiger partial charge in [-0.1, -0.05) is 19.1 Å². The lowest BCUT2D eigenvalue weighted by Crippen LogP contribution is -2.22. The van der Waals surface area contributed by atoms with Crippen LogP contribution >= 0.6 is 0 Å². The van der Waals surface area contributed by atoms with Crippen molar-refractivity contribution >= 4 is 0 Å². The molecule has 0 spiro atoms. The maximum absolute atomic E-state index is 12.2. The van der Waals surface area contributed by atoms with E-state index in [9.17, 15) is 13.9 Å². The number of hydrogen-bond acceptors (Lipinski definition) is 4. The Labute approximate surface area is 145 Å². The van der Waals surface area contributed by atoms with Crippen LogP contribution in [-0.4, -0.2) is 32.9 Å². The molecule has 5 nitrogen and oxygen atoms in total. The van der Waals surface area contributed by atoms with Crippen molar-refractivity contribution in [1.29, 1.82) is 0 Å². The molecule has 3 rings (SSSR count). The van der Waals surface area contributed by atoms with E-state index in [1.54, 1.807) is 12.1 Å². The van der Waals surface area contributed by atoms with E-state index in [1.165, 1.54) is 0 Å². The van der Waals surface area contributed by atoms with Crippen molar-refractivity contribution in [3.05, 3.63) is 47.3 Å². The molecule has 0 aliphatic carbocycles. The van der Waals surface area contributed by atoms with Gasteiger partial charge in [-0.2, -0.15) is 13.9 Å². The van der Waals surface area contributed by atoms with Crippen molar-refractivity contribution in [2.24, 2.45) is 0 Å². The number of hydrogen-bond donors (Lipinski definition) is 1. The smallest absolute Gasteiger partial charge is 0.387 e. The number of aryl methyl sites for hydroxylation is 1. The van der Waals surface area contributed by atoms with Gasteiger partial charge in [0.2, 0.25) is 0 Å². The summed E-state index contributed by atoms with van der Waals surface area (Å²) in [4.78, 5) is 2.30. The standard InChI is InChI=1S/C18H23F2N3O2/c1-2-17(24)16-10-14-12-22(8-3-9-23(14)21-16)11-13-4-6-15(7-5-13)25-18(19)20/h4-7,10,17-18,24H,2-3,8-9,11-12H2,1H3/t17-/m0/s1.